The van der Waals surface area contributed by atoms with Crippen LogP contribution in [0.5, 0.6) is 0 Å². The van der Waals surface area contributed by atoms with Crippen molar-refractivity contribution < 1.29 is 9.47 Å². The van der Waals surface area contributed by atoms with E-state index in [2.05, 4.69) is 4.90 Å². The van der Waals surface area contributed by atoms with Crippen molar-refractivity contribution in [2.45, 2.75) is 11.8 Å². The minimum absolute atomic E-state index is 0.00926. The van der Waals surface area contributed by atoms with Crippen LogP contribution < -0.4 is 5.73 Å². The lowest BCUT2D eigenvalue weighted by atomic mass is 10.2. The second-order valence-electron chi connectivity index (χ2n) is 3.31. The average molecular weight is 158 g/mol. The molecule has 0 amide bonds. The number of hydrogen-bond donors (Lipinski definition) is 1. The first-order valence-electron chi connectivity index (χ1n) is 3.95. The zero-order valence-corrected chi connectivity index (χ0v) is 6.75. The minimum atomic E-state index is -0.477. The van der Waals surface area contributed by atoms with Gasteiger partial charge in [0.15, 0.2) is 5.79 Å². The molecular formula is C7H14N2O2. The van der Waals surface area contributed by atoms with Gasteiger partial charge in [-0.3, -0.25) is 4.90 Å². The number of nitrogens with zero attached hydrogens (tertiary/aromatic N) is 1. The molecule has 2 aliphatic rings. The summed E-state index contributed by atoms with van der Waals surface area (Å²) in [7, 11) is 2.03. The van der Waals surface area contributed by atoms with Gasteiger partial charge in [-0.05, 0) is 7.05 Å². The third kappa shape index (κ3) is 1.06. The molecule has 0 aromatic heterocycles. The SMILES string of the molecule is CN1CC(N)C2(C1)OCCO2. The molecule has 11 heavy (non-hydrogen) atoms. The summed E-state index contributed by atoms with van der Waals surface area (Å²) >= 11 is 0. The summed E-state index contributed by atoms with van der Waals surface area (Å²) in [6.45, 7) is 3.03. The number of hydrogen-bond acceptors (Lipinski definition) is 4. The van der Waals surface area contributed by atoms with E-state index in [1.807, 2.05) is 7.05 Å². The topological polar surface area (TPSA) is 47.7 Å². The van der Waals surface area contributed by atoms with Gasteiger partial charge in [-0.2, -0.15) is 0 Å². The van der Waals surface area contributed by atoms with Crippen LogP contribution in [-0.4, -0.2) is 50.1 Å². The van der Waals surface area contributed by atoms with Crippen LogP contribution in [0, 0.1) is 0 Å². The van der Waals surface area contributed by atoms with E-state index in [0.717, 1.165) is 13.1 Å². The predicted molar refractivity (Wildman–Crippen MR) is 40.1 cm³/mol. The third-order valence-corrected chi connectivity index (χ3v) is 2.34. The van der Waals surface area contributed by atoms with E-state index in [0.29, 0.717) is 13.2 Å². The molecule has 2 heterocycles. The third-order valence-electron chi connectivity index (χ3n) is 2.34. The van der Waals surface area contributed by atoms with E-state index in [4.69, 9.17) is 15.2 Å². The van der Waals surface area contributed by atoms with Gasteiger partial charge in [0.2, 0.25) is 0 Å². The van der Waals surface area contributed by atoms with E-state index < -0.39 is 5.79 Å². The van der Waals surface area contributed by atoms with Gasteiger partial charge in [-0.1, -0.05) is 0 Å². The fourth-order valence-electron chi connectivity index (χ4n) is 1.81. The van der Waals surface area contributed by atoms with Crippen LogP contribution in [0.25, 0.3) is 0 Å². The van der Waals surface area contributed by atoms with Gasteiger partial charge in [-0.15, -0.1) is 0 Å². The Morgan fingerprint density at radius 2 is 2.09 bits per heavy atom. The van der Waals surface area contributed by atoms with Crippen LogP contribution >= 0.6 is 0 Å². The molecule has 64 valence electrons. The first-order chi connectivity index (χ1) is 5.23. The van der Waals surface area contributed by atoms with Crippen LogP contribution in [-0.2, 0) is 9.47 Å². The molecule has 1 unspecified atom stereocenters. The Labute approximate surface area is 66.2 Å². The highest BCUT2D eigenvalue weighted by Crippen LogP contribution is 2.28. The van der Waals surface area contributed by atoms with Gasteiger partial charge in [-0.25, -0.2) is 0 Å². The molecule has 0 aromatic carbocycles. The predicted octanol–water partition coefficient (Wildman–Crippen LogP) is -0.998. The first kappa shape index (κ1) is 7.49. The molecule has 1 spiro atoms. The van der Waals surface area contributed by atoms with E-state index in [1.165, 1.54) is 0 Å². The second kappa shape index (κ2) is 2.42. The lowest BCUT2D eigenvalue weighted by molar-refractivity contribution is -0.153. The smallest absolute Gasteiger partial charge is 0.197 e. The van der Waals surface area contributed by atoms with E-state index in [9.17, 15) is 0 Å². The van der Waals surface area contributed by atoms with Crippen molar-refractivity contribution in [1.82, 2.24) is 4.90 Å². The Morgan fingerprint density at radius 3 is 2.55 bits per heavy atom. The number of nitrogens with two attached hydrogens (primary N) is 1. The quantitative estimate of drug-likeness (QED) is 0.491. The molecule has 2 saturated heterocycles. The maximum atomic E-state index is 5.87. The average Bonchev–Trinajstić information content (AvgIpc) is 2.45. The van der Waals surface area contributed by atoms with Crippen molar-refractivity contribution >= 4 is 0 Å². The van der Waals surface area contributed by atoms with Crippen LogP contribution in [0.1, 0.15) is 0 Å². The second-order valence-corrected chi connectivity index (χ2v) is 3.31. The molecule has 1 atom stereocenters. The molecule has 2 fully saturated rings. The van der Waals surface area contributed by atoms with Gasteiger partial charge in [0, 0.05) is 6.54 Å². The monoisotopic (exact) mass is 158 g/mol. The minimum Gasteiger partial charge on any atom is -0.345 e. The van der Waals surface area contributed by atoms with Crippen LogP contribution in [0.4, 0.5) is 0 Å². The van der Waals surface area contributed by atoms with Crippen molar-refractivity contribution in [1.29, 1.82) is 0 Å². The van der Waals surface area contributed by atoms with Gasteiger partial charge < -0.3 is 15.2 Å². The molecule has 4 nitrogen and oxygen atoms in total. The Morgan fingerprint density at radius 1 is 1.45 bits per heavy atom. The normalized spacial score (nSPS) is 37.1. The van der Waals surface area contributed by atoms with Crippen molar-refractivity contribution in [3.8, 4) is 0 Å². The highest BCUT2D eigenvalue weighted by Gasteiger charge is 2.48. The van der Waals surface area contributed by atoms with Crippen LogP contribution in [0.3, 0.4) is 0 Å². The molecular weight excluding hydrogens is 144 g/mol. The van der Waals surface area contributed by atoms with E-state index in [1.54, 1.807) is 0 Å². The summed E-state index contributed by atoms with van der Waals surface area (Å²) in [6.07, 6.45) is 0. The Bertz CT molecular complexity index is 157. The van der Waals surface area contributed by atoms with Gasteiger partial charge >= 0.3 is 0 Å². The highest BCUT2D eigenvalue weighted by atomic mass is 16.7. The van der Waals surface area contributed by atoms with Crippen molar-refractivity contribution in [2.75, 3.05) is 33.4 Å². The Hall–Kier alpha value is -0.160. The maximum Gasteiger partial charge on any atom is 0.197 e. The first-order valence-corrected chi connectivity index (χ1v) is 3.95. The summed E-state index contributed by atoms with van der Waals surface area (Å²) in [5.74, 6) is -0.477. The number of likely N-dealkylation sites (N-methyl/N-ethyl adjacent to an activating group) is 1. The van der Waals surface area contributed by atoms with Gasteiger partial charge in [0.05, 0.1) is 25.8 Å². The number of likely N-dealkylation sites (tertiary alicyclic amines) is 1. The van der Waals surface area contributed by atoms with Gasteiger partial charge in [0.25, 0.3) is 0 Å². The molecule has 0 bridgehead atoms. The van der Waals surface area contributed by atoms with Crippen LogP contribution in [0.15, 0.2) is 0 Å². The largest absolute Gasteiger partial charge is 0.345 e. The molecule has 2 rings (SSSR count). The fraction of sp³-hybridized carbons (Fsp3) is 1.00. The molecule has 0 aliphatic carbocycles. The standard InChI is InChI=1S/C7H14N2O2/c1-9-4-6(8)7(5-9)10-2-3-11-7/h6H,2-5,8H2,1H3. The summed E-state index contributed by atoms with van der Waals surface area (Å²) in [4.78, 5) is 2.13. The van der Waals surface area contributed by atoms with Crippen LogP contribution in [0.2, 0.25) is 0 Å². The lowest BCUT2D eigenvalue weighted by Gasteiger charge is -2.25. The molecule has 2 N–H and O–H groups in total. The summed E-state index contributed by atoms with van der Waals surface area (Å²) in [5, 5.41) is 0. The lowest BCUT2D eigenvalue weighted by Crippen LogP contribution is -2.47. The van der Waals surface area contributed by atoms with Crippen molar-refractivity contribution in [2.24, 2.45) is 5.73 Å². The maximum absolute atomic E-state index is 5.87. The molecule has 0 aromatic rings. The molecule has 0 radical (unpaired) electrons. The van der Waals surface area contributed by atoms with E-state index >= 15 is 0 Å². The molecule has 0 saturated carbocycles. The Kier molecular flexibility index (Phi) is 1.64. The summed E-state index contributed by atoms with van der Waals surface area (Å²) in [5.41, 5.74) is 5.87. The summed E-state index contributed by atoms with van der Waals surface area (Å²) < 4.78 is 11.0. The number of rotatable bonds is 0. The fourth-order valence-corrected chi connectivity index (χ4v) is 1.81. The molecule has 2 aliphatic heterocycles. The molecule has 4 heteroatoms. The van der Waals surface area contributed by atoms with E-state index in [-0.39, 0.29) is 6.04 Å². The van der Waals surface area contributed by atoms with Crippen molar-refractivity contribution in [3.05, 3.63) is 0 Å². The Balaban J connectivity index is 2.12. The number of ether oxygens (including phenoxy) is 2. The van der Waals surface area contributed by atoms with Gasteiger partial charge in [0.1, 0.15) is 0 Å². The zero-order valence-electron chi connectivity index (χ0n) is 6.75. The van der Waals surface area contributed by atoms with Crippen molar-refractivity contribution in [3.63, 3.8) is 0 Å². The highest BCUT2D eigenvalue weighted by molar-refractivity contribution is 4.95. The zero-order chi connectivity index (χ0) is 7.90. The summed E-state index contributed by atoms with van der Waals surface area (Å²) in [6, 6.07) is 0.00926.